The second kappa shape index (κ2) is 11.0. The van der Waals surface area contributed by atoms with Gasteiger partial charge in [0.05, 0.1) is 0 Å². The van der Waals surface area contributed by atoms with E-state index in [0.29, 0.717) is 6.04 Å². The molecule has 1 unspecified atom stereocenters. The Morgan fingerprint density at radius 2 is 1.89 bits per heavy atom. The average molecular weight is 263 g/mol. The van der Waals surface area contributed by atoms with Crippen LogP contribution < -0.4 is 5.32 Å². The van der Waals surface area contributed by atoms with Gasteiger partial charge in [0, 0.05) is 19.3 Å². The summed E-state index contributed by atoms with van der Waals surface area (Å²) < 4.78 is 5.47. The SMILES string of the molecule is CCCNC(CCCc1ccccc1)CCOCC. The molecule has 2 nitrogen and oxygen atoms in total. The van der Waals surface area contributed by atoms with Gasteiger partial charge in [0.15, 0.2) is 0 Å². The topological polar surface area (TPSA) is 21.3 Å². The average Bonchev–Trinajstić information content (AvgIpc) is 2.45. The maximum Gasteiger partial charge on any atom is 0.0480 e. The lowest BCUT2D eigenvalue weighted by molar-refractivity contribution is 0.135. The molecule has 1 aromatic carbocycles. The van der Waals surface area contributed by atoms with E-state index >= 15 is 0 Å². The lowest BCUT2D eigenvalue weighted by Crippen LogP contribution is -2.31. The molecule has 0 aromatic heterocycles. The van der Waals surface area contributed by atoms with E-state index in [1.807, 2.05) is 0 Å². The van der Waals surface area contributed by atoms with Crippen molar-refractivity contribution in [1.29, 1.82) is 0 Å². The van der Waals surface area contributed by atoms with E-state index in [4.69, 9.17) is 4.74 Å². The zero-order chi connectivity index (χ0) is 13.8. The molecule has 0 aliphatic heterocycles. The Balaban J connectivity index is 2.22. The van der Waals surface area contributed by atoms with E-state index in [-0.39, 0.29) is 0 Å². The van der Waals surface area contributed by atoms with Crippen LogP contribution >= 0.6 is 0 Å². The maximum absolute atomic E-state index is 5.47. The van der Waals surface area contributed by atoms with E-state index in [1.165, 1.54) is 31.2 Å². The van der Waals surface area contributed by atoms with Gasteiger partial charge in [-0.25, -0.2) is 0 Å². The quantitative estimate of drug-likeness (QED) is 0.613. The highest BCUT2D eigenvalue weighted by molar-refractivity contribution is 5.14. The number of rotatable bonds is 11. The molecule has 1 N–H and O–H groups in total. The fourth-order valence-corrected chi connectivity index (χ4v) is 2.26. The molecule has 0 radical (unpaired) electrons. The zero-order valence-corrected chi connectivity index (χ0v) is 12.5. The first-order valence-electron chi connectivity index (χ1n) is 7.71. The molecule has 0 saturated heterocycles. The molecule has 1 rings (SSSR count). The van der Waals surface area contributed by atoms with E-state index in [2.05, 4.69) is 49.5 Å². The second-order valence-corrected chi connectivity index (χ2v) is 5.01. The number of nitrogens with one attached hydrogen (secondary N) is 1. The number of hydrogen-bond acceptors (Lipinski definition) is 2. The van der Waals surface area contributed by atoms with Gasteiger partial charge in [0.25, 0.3) is 0 Å². The molecule has 0 heterocycles. The lowest BCUT2D eigenvalue weighted by Gasteiger charge is -2.18. The third-order valence-electron chi connectivity index (χ3n) is 3.36. The van der Waals surface area contributed by atoms with Gasteiger partial charge in [-0.2, -0.15) is 0 Å². The molecule has 0 spiro atoms. The first-order valence-corrected chi connectivity index (χ1v) is 7.71. The van der Waals surface area contributed by atoms with Crippen LogP contribution in [-0.2, 0) is 11.2 Å². The van der Waals surface area contributed by atoms with Crippen molar-refractivity contribution >= 4 is 0 Å². The van der Waals surface area contributed by atoms with Crippen LogP contribution in [0.4, 0.5) is 0 Å². The van der Waals surface area contributed by atoms with Crippen molar-refractivity contribution in [2.24, 2.45) is 0 Å². The largest absolute Gasteiger partial charge is 0.382 e. The monoisotopic (exact) mass is 263 g/mol. The highest BCUT2D eigenvalue weighted by atomic mass is 16.5. The Labute approximate surface area is 118 Å². The molecular formula is C17H29NO. The van der Waals surface area contributed by atoms with Gasteiger partial charge in [0.1, 0.15) is 0 Å². The Kier molecular flexibility index (Phi) is 9.38. The van der Waals surface area contributed by atoms with Crippen LogP contribution in [0.25, 0.3) is 0 Å². The number of aryl methyl sites for hydroxylation is 1. The molecule has 0 fully saturated rings. The Hall–Kier alpha value is -0.860. The van der Waals surface area contributed by atoms with E-state index in [1.54, 1.807) is 0 Å². The van der Waals surface area contributed by atoms with Crippen molar-refractivity contribution in [3.05, 3.63) is 35.9 Å². The molecule has 0 bridgehead atoms. The van der Waals surface area contributed by atoms with E-state index in [0.717, 1.165) is 26.2 Å². The predicted molar refractivity (Wildman–Crippen MR) is 82.6 cm³/mol. The molecule has 1 atom stereocenters. The van der Waals surface area contributed by atoms with E-state index < -0.39 is 0 Å². The van der Waals surface area contributed by atoms with Gasteiger partial charge in [-0.15, -0.1) is 0 Å². The van der Waals surface area contributed by atoms with Crippen molar-refractivity contribution < 1.29 is 4.74 Å². The van der Waals surface area contributed by atoms with Crippen LogP contribution in [-0.4, -0.2) is 25.8 Å². The lowest BCUT2D eigenvalue weighted by atomic mass is 10.0. The molecule has 2 heteroatoms. The molecule has 108 valence electrons. The molecular weight excluding hydrogens is 234 g/mol. The number of hydrogen-bond donors (Lipinski definition) is 1. The Bertz CT molecular complexity index is 299. The van der Waals surface area contributed by atoms with Gasteiger partial charge in [-0.1, -0.05) is 37.3 Å². The third-order valence-corrected chi connectivity index (χ3v) is 3.36. The first kappa shape index (κ1) is 16.2. The highest BCUT2D eigenvalue weighted by Gasteiger charge is 2.07. The Morgan fingerprint density at radius 1 is 1.11 bits per heavy atom. The summed E-state index contributed by atoms with van der Waals surface area (Å²) >= 11 is 0. The molecule has 0 aliphatic carbocycles. The summed E-state index contributed by atoms with van der Waals surface area (Å²) in [7, 11) is 0. The van der Waals surface area contributed by atoms with Crippen LogP contribution in [0.3, 0.4) is 0 Å². The summed E-state index contributed by atoms with van der Waals surface area (Å²) in [6, 6.07) is 11.4. The number of benzene rings is 1. The summed E-state index contributed by atoms with van der Waals surface area (Å²) in [5.74, 6) is 0. The standard InChI is InChI=1S/C17H29NO/c1-3-14-18-17(13-15-19-4-2)12-8-11-16-9-6-5-7-10-16/h5-7,9-10,17-18H,3-4,8,11-15H2,1-2H3. The summed E-state index contributed by atoms with van der Waals surface area (Å²) in [4.78, 5) is 0. The maximum atomic E-state index is 5.47. The first-order chi connectivity index (χ1) is 9.36. The van der Waals surface area contributed by atoms with Crippen molar-refractivity contribution in [3.63, 3.8) is 0 Å². The second-order valence-electron chi connectivity index (χ2n) is 5.01. The van der Waals surface area contributed by atoms with Crippen LogP contribution in [0.2, 0.25) is 0 Å². The third kappa shape index (κ3) is 8.02. The molecule has 0 saturated carbocycles. The molecule has 1 aromatic rings. The summed E-state index contributed by atoms with van der Waals surface area (Å²) in [6.45, 7) is 7.09. The summed E-state index contributed by atoms with van der Waals surface area (Å²) in [5, 5.41) is 3.63. The molecule has 0 aliphatic rings. The van der Waals surface area contributed by atoms with E-state index in [9.17, 15) is 0 Å². The fourth-order valence-electron chi connectivity index (χ4n) is 2.26. The Morgan fingerprint density at radius 3 is 2.58 bits per heavy atom. The van der Waals surface area contributed by atoms with Gasteiger partial charge >= 0.3 is 0 Å². The van der Waals surface area contributed by atoms with Crippen molar-refractivity contribution in [3.8, 4) is 0 Å². The minimum Gasteiger partial charge on any atom is -0.382 e. The van der Waals surface area contributed by atoms with Crippen LogP contribution in [0, 0.1) is 0 Å². The van der Waals surface area contributed by atoms with Crippen LogP contribution in [0.5, 0.6) is 0 Å². The van der Waals surface area contributed by atoms with Gasteiger partial charge < -0.3 is 10.1 Å². The van der Waals surface area contributed by atoms with Crippen molar-refractivity contribution in [2.75, 3.05) is 19.8 Å². The predicted octanol–water partition coefficient (Wildman–Crippen LogP) is 3.80. The van der Waals surface area contributed by atoms with Gasteiger partial charge in [-0.3, -0.25) is 0 Å². The minimum absolute atomic E-state index is 0.607. The van der Waals surface area contributed by atoms with Crippen LogP contribution in [0.15, 0.2) is 30.3 Å². The minimum atomic E-state index is 0.607. The molecule has 19 heavy (non-hydrogen) atoms. The van der Waals surface area contributed by atoms with Crippen LogP contribution in [0.1, 0.15) is 45.1 Å². The number of ether oxygens (including phenoxy) is 1. The normalized spacial score (nSPS) is 12.5. The summed E-state index contributed by atoms with van der Waals surface area (Å²) in [6.07, 6.45) is 5.99. The van der Waals surface area contributed by atoms with Gasteiger partial charge in [0.2, 0.25) is 0 Å². The van der Waals surface area contributed by atoms with Gasteiger partial charge in [-0.05, 0) is 51.1 Å². The zero-order valence-electron chi connectivity index (χ0n) is 12.5. The summed E-state index contributed by atoms with van der Waals surface area (Å²) in [5.41, 5.74) is 1.45. The van der Waals surface area contributed by atoms with Crippen molar-refractivity contribution in [2.45, 2.75) is 52.0 Å². The van der Waals surface area contributed by atoms with Crippen molar-refractivity contribution in [1.82, 2.24) is 5.32 Å². The molecule has 0 amide bonds. The smallest absolute Gasteiger partial charge is 0.0480 e. The fraction of sp³-hybridized carbons (Fsp3) is 0.647. The highest BCUT2D eigenvalue weighted by Crippen LogP contribution is 2.09.